The lowest BCUT2D eigenvalue weighted by molar-refractivity contribution is -0.149. The van der Waals surface area contributed by atoms with Crippen LogP contribution in [0.4, 0.5) is 4.39 Å². The highest BCUT2D eigenvalue weighted by atomic mass is 32.2. The van der Waals surface area contributed by atoms with Crippen LogP contribution in [0.5, 0.6) is 0 Å². The number of esters is 1. The second-order valence-corrected chi connectivity index (χ2v) is 8.21. The maximum Gasteiger partial charge on any atom is 0.316 e. The number of hydrogen-bond acceptors (Lipinski definition) is 6. The minimum Gasteiger partial charge on any atom is -0.455 e. The third-order valence-corrected chi connectivity index (χ3v) is 5.54. The zero-order valence-electron chi connectivity index (χ0n) is 18.5. The van der Waals surface area contributed by atoms with Crippen molar-refractivity contribution in [2.45, 2.75) is 19.0 Å². The van der Waals surface area contributed by atoms with E-state index in [1.165, 1.54) is 6.07 Å². The van der Waals surface area contributed by atoms with Gasteiger partial charge >= 0.3 is 5.97 Å². The largest absolute Gasteiger partial charge is 0.455 e. The van der Waals surface area contributed by atoms with E-state index in [-0.39, 0.29) is 18.3 Å². The van der Waals surface area contributed by atoms with Crippen LogP contribution in [-0.2, 0) is 14.3 Å². The summed E-state index contributed by atoms with van der Waals surface area (Å²) in [5, 5.41) is 8.74. The number of amides is 1. The number of ether oxygens (including phenoxy) is 1. The first-order valence-electron chi connectivity index (χ1n) is 10.4. The Bertz CT molecular complexity index is 1130. The summed E-state index contributed by atoms with van der Waals surface area (Å²) in [5.41, 5.74) is 1.87. The van der Waals surface area contributed by atoms with Gasteiger partial charge in [0.25, 0.3) is 5.91 Å². The van der Waals surface area contributed by atoms with Crippen molar-refractivity contribution in [3.63, 3.8) is 0 Å². The second kappa shape index (κ2) is 11.4. The van der Waals surface area contributed by atoms with Gasteiger partial charge in [-0.25, -0.2) is 4.39 Å². The normalized spacial score (nSPS) is 10.6. The number of carbonyl (C=O) groups is 2. The lowest BCUT2D eigenvalue weighted by Crippen LogP contribution is -2.35. The predicted octanol–water partition coefficient (Wildman–Crippen LogP) is 4.13. The quantitative estimate of drug-likeness (QED) is 0.253. The molecule has 172 valence electrons. The highest BCUT2D eigenvalue weighted by Crippen LogP contribution is 2.29. The molecule has 9 heteroatoms. The lowest BCUT2D eigenvalue weighted by Gasteiger charge is -2.20. The van der Waals surface area contributed by atoms with Gasteiger partial charge in [-0.05, 0) is 38.1 Å². The zero-order valence-corrected chi connectivity index (χ0v) is 19.3. The number of para-hydroxylation sites is 1. The molecule has 0 saturated carbocycles. The molecule has 2 aromatic carbocycles. The van der Waals surface area contributed by atoms with Gasteiger partial charge in [0, 0.05) is 18.8 Å². The van der Waals surface area contributed by atoms with Gasteiger partial charge < -0.3 is 9.64 Å². The van der Waals surface area contributed by atoms with Crippen molar-refractivity contribution in [2.75, 3.05) is 25.4 Å². The zero-order chi connectivity index (χ0) is 23.8. The maximum absolute atomic E-state index is 14.4. The molecule has 0 fully saturated rings. The van der Waals surface area contributed by atoms with Crippen molar-refractivity contribution < 1.29 is 18.7 Å². The van der Waals surface area contributed by atoms with Gasteiger partial charge in [-0.1, -0.05) is 54.2 Å². The summed E-state index contributed by atoms with van der Waals surface area (Å²) in [6.07, 6.45) is 0. The first-order chi connectivity index (χ1) is 15.9. The maximum atomic E-state index is 14.4. The molecule has 0 aliphatic rings. The van der Waals surface area contributed by atoms with Crippen molar-refractivity contribution in [2.24, 2.45) is 0 Å². The van der Waals surface area contributed by atoms with E-state index in [0.29, 0.717) is 29.6 Å². The Morgan fingerprint density at radius 2 is 1.82 bits per heavy atom. The van der Waals surface area contributed by atoms with E-state index in [1.54, 1.807) is 27.7 Å². The standard InChI is InChI=1S/C24H25FN4O3S/c1-4-28(14-17(2)3)21(30)15-32-22(31)16-33-24-27-26-23(19-12-8-9-13-20(19)25)29(24)18-10-6-5-7-11-18/h5-13H,2,4,14-16H2,1,3H3. The van der Waals surface area contributed by atoms with E-state index in [0.717, 1.165) is 23.0 Å². The Morgan fingerprint density at radius 3 is 2.48 bits per heavy atom. The SMILES string of the molecule is C=C(C)CN(CC)C(=O)COC(=O)CSc1nnc(-c2ccccc2F)n1-c1ccccc1. The van der Waals surface area contributed by atoms with Gasteiger partial charge in [-0.3, -0.25) is 14.2 Å². The smallest absolute Gasteiger partial charge is 0.316 e. The molecule has 0 aliphatic heterocycles. The molecule has 3 rings (SSSR count). The molecule has 7 nitrogen and oxygen atoms in total. The number of rotatable bonds is 10. The van der Waals surface area contributed by atoms with E-state index < -0.39 is 11.8 Å². The predicted molar refractivity (Wildman–Crippen MR) is 126 cm³/mol. The van der Waals surface area contributed by atoms with Crippen LogP contribution in [-0.4, -0.2) is 57.0 Å². The number of benzene rings is 2. The summed E-state index contributed by atoms with van der Waals surface area (Å²) >= 11 is 1.10. The minimum atomic E-state index is -0.560. The molecule has 1 heterocycles. The van der Waals surface area contributed by atoms with Crippen molar-refractivity contribution in [3.05, 3.63) is 72.6 Å². The summed E-state index contributed by atoms with van der Waals surface area (Å²) in [6.45, 7) is 8.06. The Morgan fingerprint density at radius 1 is 1.12 bits per heavy atom. The van der Waals surface area contributed by atoms with Gasteiger partial charge in [0.05, 0.1) is 11.3 Å². The first-order valence-corrected chi connectivity index (χ1v) is 11.4. The Labute approximate surface area is 196 Å². The third-order valence-electron chi connectivity index (χ3n) is 4.63. The molecule has 1 amide bonds. The number of aromatic nitrogens is 3. The topological polar surface area (TPSA) is 77.3 Å². The molecule has 0 N–H and O–H groups in total. The van der Waals surface area contributed by atoms with Crippen molar-refractivity contribution in [3.8, 4) is 17.1 Å². The van der Waals surface area contributed by atoms with Gasteiger partial charge in [0.15, 0.2) is 17.6 Å². The summed E-state index contributed by atoms with van der Waals surface area (Å²) in [4.78, 5) is 26.1. The molecule has 0 unspecified atom stereocenters. The van der Waals surface area contributed by atoms with Crippen molar-refractivity contribution in [1.82, 2.24) is 19.7 Å². The van der Waals surface area contributed by atoms with Crippen LogP contribution in [0.1, 0.15) is 13.8 Å². The fourth-order valence-electron chi connectivity index (χ4n) is 3.09. The van der Waals surface area contributed by atoms with Gasteiger partial charge in [-0.2, -0.15) is 0 Å². The summed E-state index contributed by atoms with van der Waals surface area (Å²) in [6, 6.07) is 15.5. The highest BCUT2D eigenvalue weighted by molar-refractivity contribution is 7.99. The third kappa shape index (κ3) is 6.29. The Hall–Kier alpha value is -3.46. The molecular weight excluding hydrogens is 443 g/mol. The van der Waals surface area contributed by atoms with Crippen LogP contribution in [0, 0.1) is 5.82 Å². The average Bonchev–Trinajstić information content (AvgIpc) is 3.24. The fourth-order valence-corrected chi connectivity index (χ4v) is 3.84. The molecule has 3 aromatic rings. The highest BCUT2D eigenvalue weighted by Gasteiger charge is 2.20. The average molecular weight is 469 g/mol. The second-order valence-electron chi connectivity index (χ2n) is 7.27. The van der Waals surface area contributed by atoms with E-state index >= 15 is 0 Å². The van der Waals surface area contributed by atoms with Crippen LogP contribution < -0.4 is 0 Å². The van der Waals surface area contributed by atoms with Gasteiger partial charge in [-0.15, -0.1) is 10.2 Å². The molecule has 0 atom stereocenters. The number of thioether (sulfide) groups is 1. The number of nitrogens with zero attached hydrogens (tertiary/aromatic N) is 4. The number of halogens is 1. The molecule has 0 bridgehead atoms. The molecule has 0 aliphatic carbocycles. The van der Waals surface area contributed by atoms with Crippen LogP contribution in [0.15, 0.2) is 71.9 Å². The Balaban J connectivity index is 1.72. The molecular formula is C24H25FN4O3S. The summed E-state index contributed by atoms with van der Waals surface area (Å²) in [5.74, 6) is -1.03. The summed E-state index contributed by atoms with van der Waals surface area (Å²) in [7, 11) is 0. The molecule has 33 heavy (non-hydrogen) atoms. The minimum absolute atomic E-state index is 0.0812. The fraction of sp³-hybridized carbons (Fsp3) is 0.250. The first kappa shape index (κ1) is 24.2. The number of carbonyl (C=O) groups excluding carboxylic acids is 2. The molecule has 0 saturated heterocycles. The van der Waals surface area contributed by atoms with Gasteiger partial charge in [0.1, 0.15) is 5.82 Å². The Kier molecular flexibility index (Phi) is 8.37. The van der Waals surface area contributed by atoms with Crippen LogP contribution >= 0.6 is 11.8 Å². The molecule has 0 radical (unpaired) electrons. The van der Waals surface area contributed by atoms with Crippen LogP contribution in [0.2, 0.25) is 0 Å². The van der Waals surface area contributed by atoms with E-state index in [2.05, 4.69) is 16.8 Å². The van der Waals surface area contributed by atoms with Gasteiger partial charge in [0.2, 0.25) is 0 Å². The molecule has 1 aromatic heterocycles. The summed E-state index contributed by atoms with van der Waals surface area (Å²) < 4.78 is 21.3. The van der Waals surface area contributed by atoms with Crippen molar-refractivity contribution in [1.29, 1.82) is 0 Å². The van der Waals surface area contributed by atoms with Crippen LogP contribution in [0.3, 0.4) is 0 Å². The molecule has 0 spiro atoms. The van der Waals surface area contributed by atoms with Crippen LogP contribution in [0.25, 0.3) is 17.1 Å². The number of hydrogen-bond donors (Lipinski definition) is 0. The van der Waals surface area contributed by atoms with E-state index in [9.17, 15) is 14.0 Å². The monoisotopic (exact) mass is 468 g/mol. The number of likely N-dealkylation sites (N-methyl/N-ethyl adjacent to an activating group) is 1. The van der Waals surface area contributed by atoms with E-state index in [1.807, 2.05) is 44.2 Å². The lowest BCUT2D eigenvalue weighted by atomic mass is 10.2. The van der Waals surface area contributed by atoms with E-state index in [4.69, 9.17) is 4.74 Å². The van der Waals surface area contributed by atoms with Crippen molar-refractivity contribution >= 4 is 23.6 Å².